The molecule has 0 saturated carbocycles. The van der Waals surface area contributed by atoms with Crippen LogP contribution in [0, 0.1) is 18.7 Å². The van der Waals surface area contributed by atoms with Gasteiger partial charge >= 0.3 is 11.8 Å². The van der Waals surface area contributed by atoms with E-state index >= 15 is 0 Å². The minimum absolute atomic E-state index is 0.00422. The molecule has 0 saturated heterocycles. The van der Waals surface area contributed by atoms with Gasteiger partial charge in [0.05, 0.1) is 0 Å². The maximum absolute atomic E-state index is 13.4. The predicted molar refractivity (Wildman–Crippen MR) is 76.0 cm³/mol. The summed E-state index contributed by atoms with van der Waals surface area (Å²) in [5, 5.41) is 13.9. The molecule has 2 amide bonds. The van der Waals surface area contributed by atoms with E-state index in [2.05, 4.69) is 10.6 Å². The number of aliphatic hydroxyl groups excluding tert-OH is 1. The average molecular weight is 292 g/mol. The van der Waals surface area contributed by atoms with Gasteiger partial charge in [-0.15, -0.1) is 0 Å². The van der Waals surface area contributed by atoms with Crippen molar-refractivity contribution in [3.05, 3.63) is 41.7 Å². The number of carbonyl (C=O) groups excluding carboxylic acids is 2. The van der Waals surface area contributed by atoms with E-state index in [0.717, 1.165) is 6.07 Å². The lowest BCUT2D eigenvalue weighted by Gasteiger charge is -2.12. The SMILES string of the molecule is Cc1ccc(NC(=O)C(=O)N[C@@H]2C=C[C@H](CO)C2)cc1F. The molecular formula is C15H17FN2O3. The van der Waals surface area contributed by atoms with E-state index < -0.39 is 17.6 Å². The number of rotatable bonds is 3. The summed E-state index contributed by atoms with van der Waals surface area (Å²) >= 11 is 0. The third-order valence-corrected chi connectivity index (χ3v) is 3.36. The van der Waals surface area contributed by atoms with Crippen molar-refractivity contribution in [3.8, 4) is 0 Å². The zero-order valence-electron chi connectivity index (χ0n) is 11.6. The molecule has 0 aromatic heterocycles. The molecule has 6 heteroatoms. The Morgan fingerprint density at radius 3 is 2.71 bits per heavy atom. The highest BCUT2D eigenvalue weighted by atomic mass is 19.1. The minimum Gasteiger partial charge on any atom is -0.396 e. The van der Waals surface area contributed by atoms with Crippen LogP contribution >= 0.6 is 0 Å². The molecule has 3 N–H and O–H groups in total. The first kappa shape index (κ1) is 15.2. The average Bonchev–Trinajstić information content (AvgIpc) is 2.90. The molecule has 112 valence electrons. The van der Waals surface area contributed by atoms with Gasteiger partial charge in [0.25, 0.3) is 0 Å². The zero-order chi connectivity index (χ0) is 15.4. The first-order chi connectivity index (χ1) is 9.99. The van der Waals surface area contributed by atoms with Crippen molar-refractivity contribution >= 4 is 17.5 Å². The molecule has 0 heterocycles. The number of halogens is 1. The lowest BCUT2D eigenvalue weighted by Crippen LogP contribution is -2.40. The molecule has 1 aromatic rings. The Balaban J connectivity index is 1.89. The van der Waals surface area contributed by atoms with Gasteiger partial charge in [-0.05, 0) is 31.0 Å². The van der Waals surface area contributed by atoms with Gasteiger partial charge in [-0.2, -0.15) is 0 Å². The fourth-order valence-electron chi connectivity index (χ4n) is 2.11. The summed E-state index contributed by atoms with van der Waals surface area (Å²) in [4.78, 5) is 23.5. The predicted octanol–water partition coefficient (Wildman–Crippen LogP) is 1.13. The molecule has 0 unspecified atom stereocenters. The first-order valence-electron chi connectivity index (χ1n) is 6.66. The Kier molecular flexibility index (Phi) is 4.70. The van der Waals surface area contributed by atoms with Crippen LogP contribution in [-0.2, 0) is 9.59 Å². The normalized spacial score (nSPS) is 20.3. The van der Waals surface area contributed by atoms with Gasteiger partial charge in [-0.25, -0.2) is 4.39 Å². The third kappa shape index (κ3) is 3.88. The number of hydrogen-bond acceptors (Lipinski definition) is 3. The molecule has 0 bridgehead atoms. The van der Waals surface area contributed by atoms with Crippen LogP contribution in [0.2, 0.25) is 0 Å². The van der Waals surface area contributed by atoms with Gasteiger partial charge < -0.3 is 15.7 Å². The largest absolute Gasteiger partial charge is 0.396 e. The lowest BCUT2D eigenvalue weighted by molar-refractivity contribution is -0.136. The van der Waals surface area contributed by atoms with E-state index in [1.165, 1.54) is 12.1 Å². The summed E-state index contributed by atoms with van der Waals surface area (Å²) in [5.74, 6) is -2.08. The second-order valence-electron chi connectivity index (χ2n) is 5.06. The van der Waals surface area contributed by atoms with Crippen LogP contribution in [0.1, 0.15) is 12.0 Å². The highest BCUT2D eigenvalue weighted by Gasteiger charge is 2.23. The van der Waals surface area contributed by atoms with Crippen LogP contribution in [0.15, 0.2) is 30.4 Å². The highest BCUT2D eigenvalue weighted by Crippen LogP contribution is 2.17. The van der Waals surface area contributed by atoms with Gasteiger partial charge in [-0.3, -0.25) is 9.59 Å². The van der Waals surface area contributed by atoms with Crippen molar-refractivity contribution in [2.75, 3.05) is 11.9 Å². The Bertz CT molecular complexity index is 586. The number of aliphatic hydroxyl groups is 1. The molecular weight excluding hydrogens is 275 g/mol. The molecule has 0 aliphatic heterocycles. The van der Waals surface area contributed by atoms with E-state index in [-0.39, 0.29) is 24.3 Å². The number of carbonyl (C=O) groups is 2. The maximum atomic E-state index is 13.4. The van der Waals surface area contributed by atoms with Crippen molar-refractivity contribution in [1.29, 1.82) is 0 Å². The molecule has 0 fully saturated rings. The summed E-state index contributed by atoms with van der Waals surface area (Å²) in [6.45, 7) is 1.62. The second-order valence-corrected chi connectivity index (χ2v) is 5.06. The summed E-state index contributed by atoms with van der Waals surface area (Å²) in [7, 11) is 0. The van der Waals surface area contributed by atoms with E-state index in [9.17, 15) is 14.0 Å². The topological polar surface area (TPSA) is 78.4 Å². The first-order valence-corrected chi connectivity index (χ1v) is 6.66. The third-order valence-electron chi connectivity index (χ3n) is 3.36. The van der Waals surface area contributed by atoms with Crippen LogP contribution < -0.4 is 10.6 Å². The van der Waals surface area contributed by atoms with Gasteiger partial charge in [0.1, 0.15) is 5.82 Å². The fourth-order valence-corrected chi connectivity index (χ4v) is 2.11. The second kappa shape index (κ2) is 6.49. The smallest absolute Gasteiger partial charge is 0.313 e. The van der Waals surface area contributed by atoms with Crippen LogP contribution in [0.4, 0.5) is 10.1 Å². The number of nitrogens with one attached hydrogen (secondary N) is 2. The van der Waals surface area contributed by atoms with E-state index in [1.54, 1.807) is 19.1 Å². The Morgan fingerprint density at radius 2 is 2.10 bits per heavy atom. The van der Waals surface area contributed by atoms with Crippen LogP contribution in [0.3, 0.4) is 0 Å². The fraction of sp³-hybridized carbons (Fsp3) is 0.333. The van der Waals surface area contributed by atoms with Crippen molar-refractivity contribution in [2.24, 2.45) is 5.92 Å². The van der Waals surface area contributed by atoms with E-state index in [0.29, 0.717) is 12.0 Å². The number of hydrogen-bond donors (Lipinski definition) is 3. The molecule has 1 aliphatic carbocycles. The summed E-state index contributed by atoms with van der Waals surface area (Å²) < 4.78 is 13.4. The van der Waals surface area contributed by atoms with Crippen LogP contribution in [-0.4, -0.2) is 29.6 Å². The monoisotopic (exact) mass is 292 g/mol. The molecule has 0 spiro atoms. The van der Waals surface area contributed by atoms with E-state index in [1.807, 2.05) is 0 Å². The summed E-state index contributed by atoms with van der Waals surface area (Å²) in [6.07, 6.45) is 4.12. The van der Waals surface area contributed by atoms with Crippen molar-refractivity contribution in [2.45, 2.75) is 19.4 Å². The number of anilines is 1. The molecule has 2 rings (SSSR count). The highest BCUT2D eigenvalue weighted by molar-refractivity contribution is 6.39. The zero-order valence-corrected chi connectivity index (χ0v) is 11.6. The van der Waals surface area contributed by atoms with Crippen LogP contribution in [0.5, 0.6) is 0 Å². The number of benzene rings is 1. The summed E-state index contributed by atoms with van der Waals surface area (Å²) in [6, 6.07) is 3.95. The molecule has 1 aliphatic rings. The van der Waals surface area contributed by atoms with Crippen molar-refractivity contribution < 1.29 is 19.1 Å². The van der Waals surface area contributed by atoms with Gasteiger partial charge in [0, 0.05) is 24.3 Å². The molecule has 5 nitrogen and oxygen atoms in total. The minimum atomic E-state index is -0.848. The van der Waals surface area contributed by atoms with E-state index in [4.69, 9.17) is 5.11 Å². The van der Waals surface area contributed by atoms with Crippen molar-refractivity contribution in [1.82, 2.24) is 5.32 Å². The Morgan fingerprint density at radius 1 is 1.33 bits per heavy atom. The van der Waals surface area contributed by atoms with Gasteiger partial charge in [0.2, 0.25) is 0 Å². The van der Waals surface area contributed by atoms with Gasteiger partial charge in [-0.1, -0.05) is 18.2 Å². The van der Waals surface area contributed by atoms with Crippen molar-refractivity contribution in [3.63, 3.8) is 0 Å². The molecule has 0 radical (unpaired) electrons. The molecule has 1 aromatic carbocycles. The maximum Gasteiger partial charge on any atom is 0.313 e. The number of aryl methyl sites for hydroxylation is 1. The molecule has 21 heavy (non-hydrogen) atoms. The Labute approximate surface area is 121 Å². The quantitative estimate of drug-likeness (QED) is 0.577. The number of amides is 2. The lowest BCUT2D eigenvalue weighted by atomic mass is 10.1. The standard InChI is InChI=1S/C15H17FN2O3/c1-9-2-4-12(7-13(9)16)18-15(21)14(20)17-11-5-3-10(6-11)8-19/h2-5,7,10-11,19H,6,8H2,1H3,(H,17,20)(H,18,21)/t10-,11+/m0/s1. The van der Waals surface area contributed by atoms with Crippen LogP contribution in [0.25, 0.3) is 0 Å². The summed E-state index contributed by atoms with van der Waals surface area (Å²) in [5.41, 5.74) is 0.692. The molecule has 2 atom stereocenters. The Hall–Kier alpha value is -2.21. The van der Waals surface area contributed by atoms with Gasteiger partial charge in [0.15, 0.2) is 0 Å².